The third kappa shape index (κ3) is 3.64. The molecule has 1 aromatic rings. The van der Waals surface area contributed by atoms with Gasteiger partial charge in [0.05, 0.1) is 23.2 Å². The number of carbonyl (C=O) groups is 1. The van der Waals surface area contributed by atoms with E-state index in [1.54, 1.807) is 12.4 Å². The molecule has 0 saturated carbocycles. The average Bonchev–Trinajstić information content (AvgIpc) is 2.67. The fraction of sp³-hybridized carbons (Fsp3) is 0.556. The second-order valence-corrected chi connectivity index (χ2v) is 3.97. The minimum atomic E-state index is -0.201. The van der Waals surface area contributed by atoms with Gasteiger partial charge in [-0.15, -0.1) is 22.9 Å². The lowest BCUT2D eigenvalue weighted by Crippen LogP contribution is -2.05. The lowest BCUT2D eigenvalue weighted by atomic mass is 10.2. The first-order chi connectivity index (χ1) is 6.74. The molecule has 0 aliphatic carbocycles. The SMILES string of the molecule is CCOC(=O)CCC(Cl)c1cscn1. The summed E-state index contributed by atoms with van der Waals surface area (Å²) in [4.78, 5) is 15.1. The van der Waals surface area contributed by atoms with Gasteiger partial charge in [0.25, 0.3) is 0 Å². The number of nitrogens with zero attached hydrogens (tertiary/aromatic N) is 1. The summed E-state index contributed by atoms with van der Waals surface area (Å²) < 4.78 is 4.79. The molecule has 0 aliphatic rings. The quantitative estimate of drug-likeness (QED) is 0.580. The van der Waals surface area contributed by atoms with E-state index >= 15 is 0 Å². The van der Waals surface area contributed by atoms with E-state index in [9.17, 15) is 4.79 Å². The van der Waals surface area contributed by atoms with Gasteiger partial charge in [0.1, 0.15) is 0 Å². The minimum Gasteiger partial charge on any atom is -0.466 e. The van der Waals surface area contributed by atoms with Gasteiger partial charge in [-0.2, -0.15) is 0 Å². The molecule has 0 aromatic carbocycles. The van der Waals surface area contributed by atoms with Crippen LogP contribution < -0.4 is 0 Å². The fourth-order valence-corrected chi connectivity index (χ4v) is 1.91. The predicted octanol–water partition coefficient (Wildman–Crippen LogP) is 2.77. The molecule has 0 amide bonds. The number of aromatic nitrogens is 1. The number of halogens is 1. The third-order valence-electron chi connectivity index (χ3n) is 1.68. The number of esters is 1. The molecule has 78 valence electrons. The van der Waals surface area contributed by atoms with Gasteiger partial charge in [-0.25, -0.2) is 4.98 Å². The summed E-state index contributed by atoms with van der Waals surface area (Å²) in [5, 5.41) is 1.70. The summed E-state index contributed by atoms with van der Waals surface area (Å²) >= 11 is 7.53. The van der Waals surface area contributed by atoms with E-state index in [-0.39, 0.29) is 11.3 Å². The standard InChI is InChI=1S/C9H12ClNO2S/c1-2-13-9(12)4-3-7(10)8-5-14-6-11-8/h5-7H,2-4H2,1H3. The van der Waals surface area contributed by atoms with Gasteiger partial charge in [-0.1, -0.05) is 0 Å². The van der Waals surface area contributed by atoms with Crippen LogP contribution in [-0.2, 0) is 9.53 Å². The van der Waals surface area contributed by atoms with Crippen LogP contribution in [0.1, 0.15) is 30.8 Å². The highest BCUT2D eigenvalue weighted by molar-refractivity contribution is 7.07. The second-order valence-electron chi connectivity index (χ2n) is 2.72. The topological polar surface area (TPSA) is 39.2 Å². The number of thiazole rings is 1. The van der Waals surface area contributed by atoms with Crippen molar-refractivity contribution in [3.63, 3.8) is 0 Å². The molecule has 0 N–H and O–H groups in total. The number of hydrogen-bond donors (Lipinski definition) is 0. The van der Waals surface area contributed by atoms with Crippen molar-refractivity contribution in [2.75, 3.05) is 6.61 Å². The Morgan fingerprint density at radius 2 is 2.57 bits per heavy atom. The maximum atomic E-state index is 11.0. The molecule has 0 saturated heterocycles. The summed E-state index contributed by atoms with van der Waals surface area (Å²) in [5.41, 5.74) is 2.57. The van der Waals surface area contributed by atoms with Crippen molar-refractivity contribution in [1.29, 1.82) is 0 Å². The van der Waals surface area contributed by atoms with E-state index in [2.05, 4.69) is 4.98 Å². The number of ether oxygens (including phenoxy) is 1. The summed E-state index contributed by atoms with van der Waals surface area (Å²) in [6, 6.07) is 0. The van der Waals surface area contributed by atoms with E-state index in [1.165, 1.54) is 11.3 Å². The lowest BCUT2D eigenvalue weighted by Gasteiger charge is -2.05. The molecule has 5 heteroatoms. The monoisotopic (exact) mass is 233 g/mol. The Labute approximate surface area is 92.1 Å². The Morgan fingerprint density at radius 1 is 1.79 bits per heavy atom. The Bertz CT molecular complexity index is 276. The van der Waals surface area contributed by atoms with E-state index < -0.39 is 0 Å². The van der Waals surface area contributed by atoms with Crippen molar-refractivity contribution in [3.05, 3.63) is 16.6 Å². The van der Waals surface area contributed by atoms with Crippen molar-refractivity contribution < 1.29 is 9.53 Å². The van der Waals surface area contributed by atoms with Crippen LogP contribution in [0.4, 0.5) is 0 Å². The highest BCUT2D eigenvalue weighted by Gasteiger charge is 2.12. The minimum absolute atomic E-state index is 0.189. The summed E-state index contributed by atoms with van der Waals surface area (Å²) in [7, 11) is 0. The molecule has 1 heterocycles. The third-order valence-corrected chi connectivity index (χ3v) is 2.73. The smallest absolute Gasteiger partial charge is 0.305 e. The molecule has 3 nitrogen and oxygen atoms in total. The molecule has 0 aliphatic heterocycles. The van der Waals surface area contributed by atoms with Crippen molar-refractivity contribution in [1.82, 2.24) is 4.98 Å². The fourth-order valence-electron chi connectivity index (χ4n) is 1.00. The molecule has 1 rings (SSSR count). The Morgan fingerprint density at radius 3 is 3.14 bits per heavy atom. The maximum Gasteiger partial charge on any atom is 0.305 e. The van der Waals surface area contributed by atoms with Crippen LogP contribution in [0.2, 0.25) is 0 Å². The van der Waals surface area contributed by atoms with Crippen LogP contribution >= 0.6 is 22.9 Å². The van der Waals surface area contributed by atoms with Gasteiger partial charge in [0, 0.05) is 11.8 Å². The molecule has 1 aromatic heterocycles. The molecular formula is C9H12ClNO2S. The van der Waals surface area contributed by atoms with Gasteiger partial charge >= 0.3 is 5.97 Å². The molecular weight excluding hydrogens is 222 g/mol. The zero-order valence-electron chi connectivity index (χ0n) is 7.90. The maximum absolute atomic E-state index is 11.0. The largest absolute Gasteiger partial charge is 0.466 e. The Kier molecular flexibility index (Phi) is 4.90. The predicted molar refractivity (Wildman–Crippen MR) is 56.6 cm³/mol. The van der Waals surface area contributed by atoms with Crippen molar-refractivity contribution >= 4 is 28.9 Å². The molecule has 1 atom stereocenters. The Balaban J connectivity index is 2.28. The highest BCUT2D eigenvalue weighted by Crippen LogP contribution is 2.25. The molecule has 0 spiro atoms. The Hall–Kier alpha value is -0.610. The highest BCUT2D eigenvalue weighted by atomic mass is 35.5. The summed E-state index contributed by atoms with van der Waals surface area (Å²) in [6.45, 7) is 2.21. The first-order valence-electron chi connectivity index (χ1n) is 4.41. The molecule has 0 radical (unpaired) electrons. The zero-order valence-corrected chi connectivity index (χ0v) is 9.48. The summed E-state index contributed by atoms with van der Waals surface area (Å²) in [5.74, 6) is -0.201. The number of alkyl halides is 1. The second kappa shape index (κ2) is 5.98. The van der Waals surface area contributed by atoms with Gasteiger partial charge in [-0.05, 0) is 13.3 Å². The zero-order chi connectivity index (χ0) is 10.4. The van der Waals surface area contributed by atoms with Crippen LogP contribution in [0, 0.1) is 0 Å². The van der Waals surface area contributed by atoms with Crippen molar-refractivity contribution in [3.8, 4) is 0 Å². The number of hydrogen-bond acceptors (Lipinski definition) is 4. The van der Waals surface area contributed by atoms with Crippen LogP contribution in [0.15, 0.2) is 10.9 Å². The molecule has 0 fully saturated rings. The molecule has 0 bridgehead atoms. The van der Waals surface area contributed by atoms with Crippen LogP contribution in [0.5, 0.6) is 0 Å². The van der Waals surface area contributed by atoms with Crippen molar-refractivity contribution in [2.24, 2.45) is 0 Å². The van der Waals surface area contributed by atoms with Gasteiger partial charge in [-0.3, -0.25) is 4.79 Å². The van der Waals surface area contributed by atoms with E-state index in [0.29, 0.717) is 19.4 Å². The first kappa shape index (κ1) is 11.5. The first-order valence-corrected chi connectivity index (χ1v) is 5.79. The van der Waals surface area contributed by atoms with E-state index in [4.69, 9.17) is 16.3 Å². The average molecular weight is 234 g/mol. The van der Waals surface area contributed by atoms with E-state index in [0.717, 1.165) is 5.69 Å². The van der Waals surface area contributed by atoms with Crippen molar-refractivity contribution in [2.45, 2.75) is 25.1 Å². The van der Waals surface area contributed by atoms with Crippen LogP contribution in [0.25, 0.3) is 0 Å². The summed E-state index contributed by atoms with van der Waals surface area (Å²) in [6.07, 6.45) is 0.920. The lowest BCUT2D eigenvalue weighted by molar-refractivity contribution is -0.143. The number of rotatable bonds is 5. The van der Waals surface area contributed by atoms with Gasteiger partial charge < -0.3 is 4.74 Å². The number of carbonyl (C=O) groups excluding carboxylic acids is 1. The van der Waals surface area contributed by atoms with Crippen LogP contribution in [-0.4, -0.2) is 17.6 Å². The molecule has 1 unspecified atom stereocenters. The van der Waals surface area contributed by atoms with E-state index in [1.807, 2.05) is 5.38 Å². The van der Waals surface area contributed by atoms with Gasteiger partial charge in [0.15, 0.2) is 0 Å². The normalized spacial score (nSPS) is 12.4. The van der Waals surface area contributed by atoms with Crippen LogP contribution in [0.3, 0.4) is 0 Å². The van der Waals surface area contributed by atoms with Gasteiger partial charge in [0.2, 0.25) is 0 Å². The molecule has 14 heavy (non-hydrogen) atoms.